The average molecular weight is 500 g/mol. The highest BCUT2D eigenvalue weighted by molar-refractivity contribution is 6.00. The molecule has 3 rings (SSSR count). The summed E-state index contributed by atoms with van der Waals surface area (Å²) in [7, 11) is 0. The highest BCUT2D eigenvalue weighted by Gasteiger charge is 2.22. The average Bonchev–Trinajstić information content (AvgIpc) is 2.84. The van der Waals surface area contributed by atoms with Gasteiger partial charge in [0.25, 0.3) is 0 Å². The van der Waals surface area contributed by atoms with E-state index in [4.69, 9.17) is 0 Å². The first-order valence-corrected chi connectivity index (χ1v) is 11.8. The van der Waals surface area contributed by atoms with E-state index < -0.39 is 5.92 Å². The quantitative estimate of drug-likeness (QED) is 0.331. The predicted molar refractivity (Wildman–Crippen MR) is 143 cm³/mol. The number of rotatable bonds is 10. The number of Topliss-reactive ketones (excluding diaryl/α,β-unsaturated/α-hetero) is 2. The van der Waals surface area contributed by atoms with E-state index in [1.807, 2.05) is 0 Å². The first-order valence-electron chi connectivity index (χ1n) is 11.8. The summed E-state index contributed by atoms with van der Waals surface area (Å²) in [5, 5.41) is 8.04. The first kappa shape index (κ1) is 27.0. The van der Waals surface area contributed by atoms with Gasteiger partial charge in [-0.25, -0.2) is 0 Å². The van der Waals surface area contributed by atoms with Gasteiger partial charge in [-0.05, 0) is 72.1 Å². The molecule has 0 aliphatic rings. The van der Waals surface area contributed by atoms with Crippen molar-refractivity contribution in [3.05, 3.63) is 89.5 Å². The Morgan fingerprint density at radius 2 is 0.811 bits per heavy atom. The molecule has 0 saturated carbocycles. The lowest BCUT2D eigenvalue weighted by Gasteiger charge is -2.17. The molecule has 0 aliphatic heterocycles. The van der Waals surface area contributed by atoms with Gasteiger partial charge in [0.05, 0.1) is 0 Å². The summed E-state index contributed by atoms with van der Waals surface area (Å²) in [5.74, 6) is -1.29. The summed E-state index contributed by atoms with van der Waals surface area (Å²) in [6.07, 6.45) is 0.184. The topological polar surface area (TPSA) is 121 Å². The van der Waals surface area contributed by atoms with Crippen molar-refractivity contribution in [3.63, 3.8) is 0 Å². The van der Waals surface area contributed by atoms with Gasteiger partial charge in [-0.2, -0.15) is 0 Å². The molecule has 0 aromatic heterocycles. The number of benzene rings is 3. The van der Waals surface area contributed by atoms with Crippen LogP contribution in [0.2, 0.25) is 0 Å². The van der Waals surface area contributed by atoms with Crippen molar-refractivity contribution in [2.75, 3.05) is 16.0 Å². The van der Waals surface area contributed by atoms with E-state index in [-0.39, 0.29) is 42.1 Å². The summed E-state index contributed by atoms with van der Waals surface area (Å²) in [6, 6.07) is 20.3. The molecule has 0 saturated heterocycles. The zero-order chi connectivity index (χ0) is 26.9. The highest BCUT2D eigenvalue weighted by Crippen LogP contribution is 2.29. The van der Waals surface area contributed by atoms with Gasteiger partial charge in [-0.1, -0.05) is 12.1 Å². The van der Waals surface area contributed by atoms with E-state index in [0.29, 0.717) is 28.2 Å². The van der Waals surface area contributed by atoms with Crippen molar-refractivity contribution in [2.45, 2.75) is 39.5 Å². The van der Waals surface area contributed by atoms with Gasteiger partial charge in [-0.15, -0.1) is 0 Å². The molecule has 0 atom stereocenters. The van der Waals surface area contributed by atoms with Crippen LogP contribution >= 0.6 is 0 Å². The Morgan fingerprint density at radius 3 is 1.11 bits per heavy atom. The molecule has 8 heteroatoms. The lowest BCUT2D eigenvalue weighted by atomic mass is 9.86. The van der Waals surface area contributed by atoms with Crippen molar-refractivity contribution in [1.29, 1.82) is 0 Å². The summed E-state index contributed by atoms with van der Waals surface area (Å²) in [5.41, 5.74) is 3.54. The van der Waals surface area contributed by atoms with Crippen molar-refractivity contribution in [1.82, 2.24) is 0 Å². The molecule has 3 amide bonds. The van der Waals surface area contributed by atoms with Crippen LogP contribution in [0.25, 0.3) is 0 Å². The molecule has 0 unspecified atom stereocenters. The summed E-state index contributed by atoms with van der Waals surface area (Å²) in [4.78, 5) is 60.1. The Balaban J connectivity index is 1.81. The van der Waals surface area contributed by atoms with E-state index >= 15 is 0 Å². The van der Waals surface area contributed by atoms with Gasteiger partial charge >= 0.3 is 0 Å². The Hall–Kier alpha value is -4.59. The summed E-state index contributed by atoms with van der Waals surface area (Å²) >= 11 is 0. The van der Waals surface area contributed by atoms with E-state index in [1.54, 1.807) is 72.8 Å². The normalized spacial score (nSPS) is 10.5. The standard InChI is InChI=1S/C29H29N3O5/c1-18(33)30-25-10-4-21(5-11-25)24(16-28(36)22-6-12-26(13-7-22)31-19(2)34)17-29(37)23-8-14-27(15-9-23)32-20(3)35/h4-15,24H,16-17H2,1-3H3,(H,30,33)(H,31,34)(H,32,35). The molecule has 3 aromatic rings. The number of carbonyl (C=O) groups is 5. The third kappa shape index (κ3) is 8.24. The Kier molecular flexibility index (Phi) is 9.05. The molecule has 0 heterocycles. The van der Waals surface area contributed by atoms with Gasteiger partial charge in [0, 0.05) is 61.8 Å². The van der Waals surface area contributed by atoms with Gasteiger partial charge in [0.2, 0.25) is 17.7 Å². The van der Waals surface area contributed by atoms with Crippen molar-refractivity contribution in [2.24, 2.45) is 0 Å². The van der Waals surface area contributed by atoms with E-state index in [9.17, 15) is 24.0 Å². The van der Waals surface area contributed by atoms with E-state index in [1.165, 1.54) is 20.8 Å². The number of hydrogen-bond donors (Lipinski definition) is 3. The molecule has 0 fully saturated rings. The molecular weight excluding hydrogens is 470 g/mol. The van der Waals surface area contributed by atoms with Crippen LogP contribution in [0.3, 0.4) is 0 Å². The van der Waals surface area contributed by atoms with Crippen LogP contribution in [0.4, 0.5) is 17.1 Å². The largest absolute Gasteiger partial charge is 0.326 e. The van der Waals surface area contributed by atoms with E-state index in [0.717, 1.165) is 5.56 Å². The number of amides is 3. The lowest BCUT2D eigenvalue weighted by molar-refractivity contribution is -0.115. The second-order valence-electron chi connectivity index (χ2n) is 8.77. The fourth-order valence-electron chi connectivity index (χ4n) is 3.92. The van der Waals surface area contributed by atoms with Crippen molar-refractivity contribution >= 4 is 46.4 Å². The Bertz CT molecular complexity index is 1220. The van der Waals surface area contributed by atoms with Gasteiger partial charge < -0.3 is 16.0 Å². The number of carbonyl (C=O) groups excluding carboxylic acids is 5. The van der Waals surface area contributed by atoms with Crippen molar-refractivity contribution in [3.8, 4) is 0 Å². The van der Waals surface area contributed by atoms with Crippen LogP contribution in [0.1, 0.15) is 65.8 Å². The molecule has 3 N–H and O–H groups in total. The maximum absolute atomic E-state index is 13.1. The third-order valence-electron chi connectivity index (χ3n) is 5.62. The van der Waals surface area contributed by atoms with Crippen LogP contribution < -0.4 is 16.0 Å². The predicted octanol–water partition coefficient (Wildman–Crippen LogP) is 5.19. The van der Waals surface area contributed by atoms with E-state index in [2.05, 4.69) is 16.0 Å². The van der Waals surface area contributed by atoms with Gasteiger partial charge in [0.1, 0.15) is 0 Å². The minimum Gasteiger partial charge on any atom is -0.326 e. The monoisotopic (exact) mass is 499 g/mol. The molecule has 0 radical (unpaired) electrons. The molecular formula is C29H29N3O5. The van der Waals surface area contributed by atoms with Crippen LogP contribution in [-0.2, 0) is 14.4 Å². The van der Waals surface area contributed by atoms with Crippen LogP contribution in [0.15, 0.2) is 72.8 Å². The molecule has 0 aliphatic carbocycles. The molecule has 37 heavy (non-hydrogen) atoms. The fourth-order valence-corrected chi connectivity index (χ4v) is 3.92. The highest BCUT2D eigenvalue weighted by atomic mass is 16.2. The number of ketones is 2. The zero-order valence-corrected chi connectivity index (χ0v) is 21.0. The summed E-state index contributed by atoms with van der Waals surface area (Å²) < 4.78 is 0. The number of hydrogen-bond acceptors (Lipinski definition) is 5. The Morgan fingerprint density at radius 1 is 0.514 bits per heavy atom. The second kappa shape index (κ2) is 12.4. The van der Waals surface area contributed by atoms with Crippen molar-refractivity contribution < 1.29 is 24.0 Å². The molecule has 3 aromatic carbocycles. The third-order valence-corrected chi connectivity index (χ3v) is 5.62. The molecule has 0 bridgehead atoms. The molecule has 190 valence electrons. The van der Waals surface area contributed by atoms with Gasteiger partial charge in [-0.3, -0.25) is 24.0 Å². The van der Waals surface area contributed by atoms with Crippen LogP contribution in [0.5, 0.6) is 0 Å². The Labute approximate surface area is 215 Å². The molecule has 8 nitrogen and oxygen atoms in total. The summed E-state index contributed by atoms with van der Waals surface area (Å²) in [6.45, 7) is 4.24. The smallest absolute Gasteiger partial charge is 0.221 e. The van der Waals surface area contributed by atoms with Gasteiger partial charge in [0.15, 0.2) is 11.6 Å². The fraction of sp³-hybridized carbons (Fsp3) is 0.207. The lowest BCUT2D eigenvalue weighted by Crippen LogP contribution is -2.13. The molecule has 0 spiro atoms. The number of anilines is 3. The SMILES string of the molecule is CC(=O)Nc1ccc(C(=O)CC(CC(=O)c2ccc(NC(C)=O)cc2)c2ccc(NC(C)=O)cc2)cc1. The van der Waals surface area contributed by atoms with Crippen LogP contribution in [0, 0.1) is 0 Å². The number of nitrogens with one attached hydrogen (secondary N) is 3. The zero-order valence-electron chi connectivity index (χ0n) is 21.0. The minimum absolute atomic E-state index is 0.0919. The maximum Gasteiger partial charge on any atom is 0.221 e. The minimum atomic E-state index is -0.406. The maximum atomic E-state index is 13.1. The van der Waals surface area contributed by atoms with Crippen LogP contribution in [-0.4, -0.2) is 29.3 Å². The first-order chi connectivity index (χ1) is 17.6. The second-order valence-corrected chi connectivity index (χ2v) is 8.77.